The molecular formula is C24H21Cl2N3O4S. The quantitative estimate of drug-likeness (QED) is 0.235. The number of hydrogen-bond donors (Lipinski definition) is 1. The van der Waals surface area contributed by atoms with E-state index in [1.54, 1.807) is 48.5 Å². The molecule has 0 radical (unpaired) electrons. The molecule has 0 aromatic heterocycles. The second kappa shape index (κ2) is 11.7. The van der Waals surface area contributed by atoms with E-state index >= 15 is 0 Å². The van der Waals surface area contributed by atoms with Crippen LogP contribution in [0.15, 0.2) is 95.4 Å². The summed E-state index contributed by atoms with van der Waals surface area (Å²) in [7, 11) is -4.09. The average molecular weight is 518 g/mol. The van der Waals surface area contributed by atoms with Crippen LogP contribution >= 0.6 is 23.2 Å². The third-order valence-corrected chi connectivity index (χ3v) is 6.71. The highest BCUT2D eigenvalue weighted by atomic mass is 35.5. The second-order valence-electron chi connectivity index (χ2n) is 6.91. The van der Waals surface area contributed by atoms with Crippen molar-refractivity contribution in [2.45, 2.75) is 4.90 Å². The number of nitrogens with zero attached hydrogens (tertiary/aromatic N) is 2. The predicted octanol–water partition coefficient (Wildman–Crippen LogP) is 4.90. The number of carbonyl (C=O) groups is 1. The lowest BCUT2D eigenvalue weighted by atomic mass is 10.2. The van der Waals surface area contributed by atoms with Crippen LogP contribution in [0, 0.1) is 0 Å². The number of amides is 1. The van der Waals surface area contributed by atoms with Gasteiger partial charge in [-0.15, -0.1) is 0 Å². The van der Waals surface area contributed by atoms with Crippen molar-refractivity contribution in [3.63, 3.8) is 0 Å². The number of carbonyl (C=O) groups excluding carboxylic acids is 1. The molecule has 3 rings (SSSR count). The van der Waals surface area contributed by atoms with Crippen LogP contribution in [-0.2, 0) is 14.8 Å². The Bertz CT molecular complexity index is 1280. The number of nitrogens with one attached hydrogen (secondary N) is 1. The molecule has 0 spiro atoms. The van der Waals surface area contributed by atoms with Crippen molar-refractivity contribution < 1.29 is 17.9 Å². The van der Waals surface area contributed by atoms with Crippen LogP contribution in [0.1, 0.15) is 5.56 Å². The lowest BCUT2D eigenvalue weighted by molar-refractivity contribution is -0.119. The molecule has 34 heavy (non-hydrogen) atoms. The second-order valence-corrected chi connectivity index (χ2v) is 9.64. The van der Waals surface area contributed by atoms with E-state index in [9.17, 15) is 13.2 Å². The van der Waals surface area contributed by atoms with Crippen LogP contribution in [0.4, 0.5) is 5.69 Å². The first-order valence-corrected chi connectivity index (χ1v) is 12.2. The van der Waals surface area contributed by atoms with E-state index in [4.69, 9.17) is 27.9 Å². The number of rotatable bonds is 10. The maximum Gasteiger partial charge on any atom is 0.264 e. The SMILES string of the molecule is C=CCOc1ccc(/C=N\NC(=O)CN(c2cccc(Cl)c2)S(=O)(=O)c2ccc(Cl)cc2)cc1. The molecule has 7 nitrogen and oxygen atoms in total. The van der Waals surface area contributed by atoms with Gasteiger partial charge in [-0.3, -0.25) is 9.10 Å². The molecule has 176 valence electrons. The highest BCUT2D eigenvalue weighted by Gasteiger charge is 2.27. The fourth-order valence-corrected chi connectivity index (χ4v) is 4.55. The maximum atomic E-state index is 13.3. The van der Waals surface area contributed by atoms with E-state index < -0.39 is 22.5 Å². The summed E-state index contributed by atoms with van der Waals surface area (Å²) in [6.45, 7) is 3.47. The van der Waals surface area contributed by atoms with E-state index in [1.165, 1.54) is 36.5 Å². The number of anilines is 1. The zero-order chi connectivity index (χ0) is 24.6. The van der Waals surface area contributed by atoms with Crippen molar-refractivity contribution in [2.24, 2.45) is 5.10 Å². The fourth-order valence-electron chi connectivity index (χ4n) is 2.83. The molecule has 0 saturated heterocycles. The summed E-state index contributed by atoms with van der Waals surface area (Å²) < 4.78 is 33.0. The Labute approximate surface area is 208 Å². The fraction of sp³-hybridized carbons (Fsp3) is 0.0833. The molecule has 0 unspecified atom stereocenters. The van der Waals surface area contributed by atoms with Crippen molar-refractivity contribution >= 4 is 51.0 Å². The normalized spacial score (nSPS) is 11.2. The van der Waals surface area contributed by atoms with Crippen molar-refractivity contribution in [1.82, 2.24) is 5.43 Å². The van der Waals surface area contributed by atoms with Gasteiger partial charge in [-0.1, -0.05) is 41.9 Å². The van der Waals surface area contributed by atoms with Crippen molar-refractivity contribution in [3.05, 3.63) is 101 Å². The Morgan fingerprint density at radius 1 is 1.03 bits per heavy atom. The molecule has 0 atom stereocenters. The first kappa shape index (κ1) is 25.3. The number of hydrazone groups is 1. The summed E-state index contributed by atoms with van der Waals surface area (Å²) in [5.41, 5.74) is 3.30. The number of halogens is 2. The molecule has 3 aromatic carbocycles. The molecule has 0 aliphatic carbocycles. The summed E-state index contributed by atoms with van der Waals surface area (Å²) in [6.07, 6.45) is 3.08. The molecule has 0 bridgehead atoms. The molecule has 3 aromatic rings. The molecule has 0 saturated carbocycles. The Morgan fingerprint density at radius 2 is 1.74 bits per heavy atom. The van der Waals surface area contributed by atoms with Gasteiger partial charge in [0.15, 0.2) is 0 Å². The van der Waals surface area contributed by atoms with E-state index in [-0.39, 0.29) is 10.6 Å². The summed E-state index contributed by atoms with van der Waals surface area (Å²) >= 11 is 11.9. The first-order chi connectivity index (χ1) is 16.3. The third-order valence-electron chi connectivity index (χ3n) is 4.44. The number of sulfonamides is 1. The number of benzene rings is 3. The molecule has 0 aliphatic rings. The summed E-state index contributed by atoms with van der Waals surface area (Å²) in [6, 6.07) is 18.9. The monoisotopic (exact) mass is 517 g/mol. The van der Waals surface area contributed by atoms with E-state index in [0.29, 0.717) is 28.0 Å². The first-order valence-electron chi connectivity index (χ1n) is 9.99. The molecule has 10 heteroatoms. The zero-order valence-electron chi connectivity index (χ0n) is 17.9. The molecule has 0 aliphatic heterocycles. The summed E-state index contributed by atoms with van der Waals surface area (Å²) in [4.78, 5) is 12.6. The van der Waals surface area contributed by atoms with Gasteiger partial charge in [0.05, 0.1) is 16.8 Å². The van der Waals surface area contributed by atoms with Crippen LogP contribution in [0.5, 0.6) is 5.75 Å². The Hall–Kier alpha value is -3.33. The predicted molar refractivity (Wildman–Crippen MR) is 135 cm³/mol. The van der Waals surface area contributed by atoms with Gasteiger partial charge in [-0.2, -0.15) is 5.10 Å². The minimum atomic E-state index is -4.09. The Morgan fingerprint density at radius 3 is 2.38 bits per heavy atom. The van der Waals surface area contributed by atoms with Gasteiger partial charge in [0.2, 0.25) is 0 Å². The van der Waals surface area contributed by atoms with E-state index in [0.717, 1.165) is 4.31 Å². The largest absolute Gasteiger partial charge is 0.490 e. The highest BCUT2D eigenvalue weighted by molar-refractivity contribution is 7.92. The van der Waals surface area contributed by atoms with Crippen molar-refractivity contribution in [1.29, 1.82) is 0 Å². The minimum Gasteiger partial charge on any atom is -0.490 e. The topological polar surface area (TPSA) is 88.1 Å². The molecular weight excluding hydrogens is 497 g/mol. The van der Waals surface area contributed by atoms with E-state index in [2.05, 4.69) is 17.1 Å². The van der Waals surface area contributed by atoms with Gasteiger partial charge in [-0.05, 0) is 72.3 Å². The van der Waals surface area contributed by atoms with Gasteiger partial charge in [-0.25, -0.2) is 13.8 Å². The van der Waals surface area contributed by atoms with Crippen LogP contribution < -0.4 is 14.5 Å². The lowest BCUT2D eigenvalue weighted by Crippen LogP contribution is -2.39. The minimum absolute atomic E-state index is 0.0214. The van der Waals surface area contributed by atoms with Gasteiger partial charge >= 0.3 is 0 Å². The summed E-state index contributed by atoms with van der Waals surface area (Å²) in [5.74, 6) is 0.0327. The molecule has 1 N–H and O–H groups in total. The molecule has 0 heterocycles. The smallest absolute Gasteiger partial charge is 0.264 e. The number of hydrogen-bond acceptors (Lipinski definition) is 5. The van der Waals surface area contributed by atoms with E-state index in [1.807, 2.05) is 0 Å². The molecule has 1 amide bonds. The third kappa shape index (κ3) is 6.84. The Balaban J connectivity index is 1.76. The van der Waals surface area contributed by atoms with Gasteiger partial charge in [0.25, 0.3) is 15.9 Å². The van der Waals surface area contributed by atoms with Crippen LogP contribution in [0.2, 0.25) is 10.0 Å². The zero-order valence-corrected chi connectivity index (χ0v) is 20.2. The van der Waals surface area contributed by atoms with Gasteiger partial charge in [0.1, 0.15) is 18.9 Å². The number of ether oxygens (including phenoxy) is 1. The lowest BCUT2D eigenvalue weighted by Gasteiger charge is -2.23. The van der Waals surface area contributed by atoms with Crippen molar-refractivity contribution in [2.75, 3.05) is 17.5 Å². The van der Waals surface area contributed by atoms with Gasteiger partial charge < -0.3 is 4.74 Å². The standard InChI is InChI=1S/C24H21Cl2N3O4S/c1-2-14-33-22-10-6-18(7-11-22)16-27-28-24(30)17-29(21-5-3-4-20(26)15-21)34(31,32)23-12-8-19(25)9-13-23/h2-13,15-16H,1,14,17H2,(H,28,30)/b27-16-. The average Bonchev–Trinajstić information content (AvgIpc) is 2.82. The van der Waals surface area contributed by atoms with Gasteiger partial charge in [0, 0.05) is 10.0 Å². The summed E-state index contributed by atoms with van der Waals surface area (Å²) in [5, 5.41) is 4.63. The van der Waals surface area contributed by atoms with Crippen LogP contribution in [0.25, 0.3) is 0 Å². The van der Waals surface area contributed by atoms with Crippen LogP contribution in [0.3, 0.4) is 0 Å². The molecule has 0 fully saturated rings. The maximum absolute atomic E-state index is 13.3. The van der Waals surface area contributed by atoms with Crippen molar-refractivity contribution in [3.8, 4) is 5.75 Å². The Kier molecular flexibility index (Phi) is 8.70. The highest BCUT2D eigenvalue weighted by Crippen LogP contribution is 2.26. The van der Waals surface area contributed by atoms with Crippen LogP contribution in [-0.4, -0.2) is 33.7 Å².